The SMILES string of the molecule is C=CCOC(=O)C1=C(C)Nc2nc3ccccc3n2C1c1ccc(OCc2ccccc2)cc1. The highest BCUT2D eigenvalue weighted by Crippen LogP contribution is 2.39. The summed E-state index contributed by atoms with van der Waals surface area (Å²) in [5.74, 6) is 1.06. The van der Waals surface area contributed by atoms with Crippen LogP contribution in [0.5, 0.6) is 5.75 Å². The van der Waals surface area contributed by atoms with Crippen LogP contribution in [-0.2, 0) is 16.1 Å². The first-order chi connectivity index (χ1) is 16.7. The molecule has 0 radical (unpaired) electrons. The van der Waals surface area contributed by atoms with Crippen molar-refractivity contribution in [1.82, 2.24) is 9.55 Å². The van der Waals surface area contributed by atoms with Gasteiger partial charge < -0.3 is 14.8 Å². The zero-order chi connectivity index (χ0) is 23.5. The molecule has 1 N–H and O–H groups in total. The maximum atomic E-state index is 13.1. The van der Waals surface area contributed by atoms with Crippen molar-refractivity contribution < 1.29 is 14.3 Å². The summed E-state index contributed by atoms with van der Waals surface area (Å²) in [7, 11) is 0. The molecule has 1 aliphatic rings. The largest absolute Gasteiger partial charge is 0.489 e. The number of nitrogens with zero attached hydrogens (tertiary/aromatic N) is 2. The van der Waals surface area contributed by atoms with Gasteiger partial charge >= 0.3 is 5.97 Å². The highest BCUT2D eigenvalue weighted by atomic mass is 16.5. The molecule has 34 heavy (non-hydrogen) atoms. The molecule has 2 heterocycles. The van der Waals surface area contributed by atoms with E-state index in [0.29, 0.717) is 23.8 Å². The van der Waals surface area contributed by atoms with Crippen LogP contribution in [0.4, 0.5) is 5.95 Å². The second-order valence-electron chi connectivity index (χ2n) is 8.09. The third-order valence-electron chi connectivity index (χ3n) is 5.83. The predicted octanol–water partition coefficient (Wildman–Crippen LogP) is 5.63. The van der Waals surface area contributed by atoms with Gasteiger partial charge in [-0.2, -0.15) is 0 Å². The molecule has 0 spiro atoms. The van der Waals surface area contributed by atoms with Crippen molar-refractivity contribution in [3.8, 4) is 5.75 Å². The maximum absolute atomic E-state index is 13.1. The van der Waals surface area contributed by atoms with Crippen molar-refractivity contribution in [3.05, 3.63) is 114 Å². The number of hydrogen-bond donors (Lipinski definition) is 1. The minimum atomic E-state index is -0.399. The van der Waals surface area contributed by atoms with Crippen molar-refractivity contribution in [1.29, 1.82) is 0 Å². The van der Waals surface area contributed by atoms with Crippen molar-refractivity contribution in [3.63, 3.8) is 0 Å². The summed E-state index contributed by atoms with van der Waals surface area (Å²) in [6.45, 7) is 6.16. The molecular weight excluding hydrogens is 426 g/mol. The molecule has 1 unspecified atom stereocenters. The summed E-state index contributed by atoms with van der Waals surface area (Å²) in [6.07, 6.45) is 1.57. The lowest BCUT2D eigenvalue weighted by Gasteiger charge is -2.30. The molecule has 0 aliphatic carbocycles. The fourth-order valence-corrected chi connectivity index (χ4v) is 4.24. The first-order valence-corrected chi connectivity index (χ1v) is 11.1. The monoisotopic (exact) mass is 451 g/mol. The Morgan fingerprint density at radius 2 is 1.79 bits per heavy atom. The van der Waals surface area contributed by atoms with Gasteiger partial charge in [-0.25, -0.2) is 9.78 Å². The first kappa shape index (κ1) is 21.5. The minimum absolute atomic E-state index is 0.145. The van der Waals surface area contributed by atoms with E-state index in [-0.39, 0.29) is 12.6 Å². The summed E-state index contributed by atoms with van der Waals surface area (Å²) in [5, 5.41) is 3.29. The summed E-state index contributed by atoms with van der Waals surface area (Å²) in [6, 6.07) is 25.4. The van der Waals surface area contributed by atoms with Gasteiger partial charge in [-0.15, -0.1) is 0 Å². The maximum Gasteiger partial charge on any atom is 0.338 e. The average Bonchev–Trinajstić information content (AvgIpc) is 3.24. The zero-order valence-corrected chi connectivity index (χ0v) is 18.9. The van der Waals surface area contributed by atoms with Gasteiger partial charge in [0.25, 0.3) is 0 Å². The second kappa shape index (κ2) is 9.27. The van der Waals surface area contributed by atoms with Crippen molar-refractivity contribution in [2.75, 3.05) is 11.9 Å². The number of nitrogens with one attached hydrogen (secondary N) is 1. The molecule has 6 heteroatoms. The quantitative estimate of drug-likeness (QED) is 0.291. The Morgan fingerprint density at radius 3 is 2.56 bits per heavy atom. The molecule has 3 aromatic carbocycles. The number of fused-ring (bicyclic) bond motifs is 3. The highest BCUT2D eigenvalue weighted by Gasteiger charge is 2.34. The number of rotatable bonds is 7. The second-order valence-corrected chi connectivity index (χ2v) is 8.09. The van der Waals surface area contributed by atoms with Crippen LogP contribution in [0.15, 0.2) is 103 Å². The van der Waals surface area contributed by atoms with Gasteiger partial charge in [-0.1, -0.05) is 67.3 Å². The Bertz CT molecular complexity index is 1370. The van der Waals surface area contributed by atoms with Gasteiger partial charge in [0, 0.05) is 5.70 Å². The normalized spacial score (nSPS) is 14.9. The number of para-hydroxylation sites is 2. The molecule has 5 rings (SSSR count). The molecule has 0 amide bonds. The molecule has 1 aromatic heterocycles. The number of imidazole rings is 1. The molecule has 1 atom stereocenters. The molecule has 0 saturated carbocycles. The lowest BCUT2D eigenvalue weighted by molar-refractivity contribution is -0.138. The van der Waals surface area contributed by atoms with Gasteiger partial charge in [0.05, 0.1) is 22.6 Å². The van der Waals surface area contributed by atoms with E-state index in [0.717, 1.165) is 27.9 Å². The molecule has 6 nitrogen and oxygen atoms in total. The van der Waals surface area contributed by atoms with Crippen LogP contribution in [0, 0.1) is 0 Å². The Morgan fingerprint density at radius 1 is 1.06 bits per heavy atom. The number of allylic oxidation sites excluding steroid dienone is 1. The number of esters is 1. The number of carbonyl (C=O) groups excluding carboxylic acids is 1. The van der Waals surface area contributed by atoms with E-state index in [1.807, 2.05) is 90.4 Å². The predicted molar refractivity (Wildman–Crippen MR) is 133 cm³/mol. The first-order valence-electron chi connectivity index (χ1n) is 11.1. The van der Waals surface area contributed by atoms with Crippen LogP contribution in [0.1, 0.15) is 24.1 Å². The van der Waals surface area contributed by atoms with Crippen LogP contribution in [0.2, 0.25) is 0 Å². The van der Waals surface area contributed by atoms with E-state index < -0.39 is 6.04 Å². The third kappa shape index (κ3) is 4.06. The van der Waals surface area contributed by atoms with Gasteiger partial charge in [0.15, 0.2) is 0 Å². The van der Waals surface area contributed by atoms with Gasteiger partial charge in [-0.05, 0) is 42.3 Å². The summed E-state index contributed by atoms with van der Waals surface area (Å²) in [4.78, 5) is 17.9. The highest BCUT2D eigenvalue weighted by molar-refractivity contribution is 5.94. The lowest BCUT2D eigenvalue weighted by Crippen LogP contribution is -2.29. The van der Waals surface area contributed by atoms with Crippen LogP contribution in [-0.4, -0.2) is 22.1 Å². The van der Waals surface area contributed by atoms with E-state index in [1.165, 1.54) is 0 Å². The summed E-state index contributed by atoms with van der Waals surface area (Å²) < 4.78 is 13.5. The number of carbonyl (C=O) groups is 1. The molecule has 1 aliphatic heterocycles. The number of hydrogen-bond acceptors (Lipinski definition) is 5. The number of anilines is 1. The number of ether oxygens (including phenoxy) is 2. The lowest BCUT2D eigenvalue weighted by atomic mass is 9.95. The van der Waals surface area contributed by atoms with Gasteiger partial charge in [0.2, 0.25) is 5.95 Å². The van der Waals surface area contributed by atoms with Crippen molar-refractivity contribution in [2.24, 2.45) is 0 Å². The summed E-state index contributed by atoms with van der Waals surface area (Å²) in [5.41, 5.74) is 5.07. The standard InChI is InChI=1S/C28H25N3O3/c1-3-17-33-27(32)25-19(2)29-28-30-23-11-7-8-12-24(23)31(28)26(25)21-13-15-22(16-14-21)34-18-20-9-5-4-6-10-20/h3-16,26H,1,17-18H2,2H3,(H,29,30). The topological polar surface area (TPSA) is 65.4 Å². The minimum Gasteiger partial charge on any atom is -0.489 e. The van der Waals surface area contributed by atoms with Crippen LogP contribution >= 0.6 is 0 Å². The van der Waals surface area contributed by atoms with E-state index in [4.69, 9.17) is 14.5 Å². The Balaban J connectivity index is 1.52. The zero-order valence-electron chi connectivity index (χ0n) is 18.9. The van der Waals surface area contributed by atoms with E-state index in [1.54, 1.807) is 6.08 Å². The Hall–Kier alpha value is -4.32. The summed E-state index contributed by atoms with van der Waals surface area (Å²) >= 11 is 0. The third-order valence-corrected chi connectivity index (χ3v) is 5.83. The molecule has 0 fully saturated rings. The smallest absolute Gasteiger partial charge is 0.338 e. The molecule has 0 bridgehead atoms. The van der Waals surface area contributed by atoms with Gasteiger partial charge in [0.1, 0.15) is 19.0 Å². The fraction of sp³-hybridized carbons (Fsp3) is 0.143. The number of aromatic nitrogens is 2. The van der Waals surface area contributed by atoms with Crippen molar-refractivity contribution in [2.45, 2.75) is 19.6 Å². The Kier molecular flexibility index (Phi) is 5.87. The van der Waals surface area contributed by atoms with Crippen LogP contribution in [0.3, 0.4) is 0 Å². The van der Waals surface area contributed by atoms with Gasteiger partial charge in [-0.3, -0.25) is 4.57 Å². The Labute approximate surface area is 198 Å². The average molecular weight is 452 g/mol. The molecule has 0 saturated heterocycles. The number of benzene rings is 3. The van der Waals surface area contributed by atoms with Crippen LogP contribution in [0.25, 0.3) is 11.0 Å². The van der Waals surface area contributed by atoms with E-state index in [9.17, 15) is 4.79 Å². The fourth-order valence-electron chi connectivity index (χ4n) is 4.24. The molecular formula is C28H25N3O3. The van der Waals surface area contributed by atoms with E-state index in [2.05, 4.69) is 11.9 Å². The molecule has 4 aromatic rings. The van der Waals surface area contributed by atoms with Crippen molar-refractivity contribution >= 4 is 23.0 Å². The molecule has 170 valence electrons. The van der Waals surface area contributed by atoms with E-state index >= 15 is 0 Å². The van der Waals surface area contributed by atoms with Crippen LogP contribution < -0.4 is 10.1 Å².